The molecular weight excluding hydrogens is 242 g/mol. The minimum atomic E-state index is 0.667. The number of rotatable bonds is 5. The van der Waals surface area contributed by atoms with Crippen molar-refractivity contribution < 1.29 is 4.42 Å². The molecule has 0 aliphatic rings. The largest absolute Gasteiger partial charge is 0.472 e. The van der Waals surface area contributed by atoms with E-state index >= 15 is 0 Å². The molecule has 0 spiro atoms. The summed E-state index contributed by atoms with van der Waals surface area (Å²) in [5.41, 5.74) is 4.66. The molecule has 0 saturated heterocycles. The fourth-order valence-corrected chi connectivity index (χ4v) is 1.95. The van der Waals surface area contributed by atoms with E-state index in [2.05, 4.69) is 20.3 Å². The number of hydrogen-bond acceptors (Lipinski definition) is 6. The van der Waals surface area contributed by atoms with Crippen LogP contribution in [0.5, 0.6) is 0 Å². The maximum absolute atomic E-state index is 5.51. The second kappa shape index (κ2) is 5.71. The van der Waals surface area contributed by atoms with Crippen LogP contribution >= 0.6 is 0 Å². The summed E-state index contributed by atoms with van der Waals surface area (Å²) in [5, 5.41) is 0. The van der Waals surface area contributed by atoms with Crippen LogP contribution in [0.25, 0.3) is 0 Å². The van der Waals surface area contributed by atoms with Gasteiger partial charge in [-0.2, -0.15) is 0 Å². The van der Waals surface area contributed by atoms with Crippen LogP contribution in [0.2, 0.25) is 0 Å². The van der Waals surface area contributed by atoms with Gasteiger partial charge < -0.3 is 14.7 Å². The number of hydrogen-bond donors (Lipinski definition) is 2. The molecule has 0 amide bonds. The molecule has 0 aliphatic heterocycles. The summed E-state index contributed by atoms with van der Waals surface area (Å²) in [4.78, 5) is 11.0. The van der Waals surface area contributed by atoms with Gasteiger partial charge in [0.2, 0.25) is 0 Å². The van der Waals surface area contributed by atoms with Crippen LogP contribution in [0.1, 0.15) is 23.9 Å². The molecule has 6 nitrogen and oxygen atoms in total. The highest BCUT2D eigenvalue weighted by Crippen LogP contribution is 2.23. The molecule has 2 aromatic heterocycles. The lowest BCUT2D eigenvalue weighted by Crippen LogP contribution is -2.21. The predicted molar refractivity (Wildman–Crippen MR) is 74.8 cm³/mol. The summed E-state index contributed by atoms with van der Waals surface area (Å²) >= 11 is 0. The summed E-state index contributed by atoms with van der Waals surface area (Å²) in [5.74, 6) is 7.82. The van der Waals surface area contributed by atoms with E-state index in [-0.39, 0.29) is 0 Å². The third-order valence-corrected chi connectivity index (χ3v) is 2.98. The standard InChI is InChI=1S/C13H19N5O/c1-4-11-15-12(17-14)9(2)13(16-11)18(3)7-10-5-6-19-8-10/h5-6,8H,4,7,14H2,1-3H3,(H,15,16,17). The molecular formula is C13H19N5O. The van der Waals surface area contributed by atoms with Crippen molar-refractivity contribution in [3.63, 3.8) is 0 Å². The van der Waals surface area contributed by atoms with E-state index < -0.39 is 0 Å². The van der Waals surface area contributed by atoms with Gasteiger partial charge in [-0.15, -0.1) is 0 Å². The van der Waals surface area contributed by atoms with Gasteiger partial charge in [0, 0.05) is 31.1 Å². The highest BCUT2D eigenvalue weighted by atomic mass is 16.3. The molecule has 0 bridgehead atoms. The van der Waals surface area contributed by atoms with Gasteiger partial charge in [0.25, 0.3) is 0 Å². The molecule has 0 unspecified atom stereocenters. The number of nitrogens with one attached hydrogen (secondary N) is 1. The molecule has 0 saturated carbocycles. The number of aryl methyl sites for hydroxylation is 1. The minimum Gasteiger partial charge on any atom is -0.472 e. The van der Waals surface area contributed by atoms with Crippen molar-refractivity contribution >= 4 is 11.6 Å². The van der Waals surface area contributed by atoms with Crippen LogP contribution in [0.3, 0.4) is 0 Å². The zero-order valence-corrected chi connectivity index (χ0v) is 11.5. The molecule has 2 rings (SSSR count). The zero-order chi connectivity index (χ0) is 13.8. The van der Waals surface area contributed by atoms with E-state index in [1.54, 1.807) is 12.5 Å². The molecule has 6 heteroatoms. The second-order valence-corrected chi connectivity index (χ2v) is 4.42. The fourth-order valence-electron chi connectivity index (χ4n) is 1.95. The predicted octanol–water partition coefficient (Wildman–Crippen LogP) is 1.86. The highest BCUT2D eigenvalue weighted by molar-refractivity contribution is 5.58. The maximum atomic E-state index is 5.51. The summed E-state index contributed by atoms with van der Waals surface area (Å²) in [6.07, 6.45) is 4.16. The normalized spacial score (nSPS) is 10.5. The lowest BCUT2D eigenvalue weighted by molar-refractivity contribution is 0.563. The van der Waals surface area contributed by atoms with Crippen molar-refractivity contribution in [3.05, 3.63) is 35.5 Å². The number of furan rings is 1. The molecule has 19 heavy (non-hydrogen) atoms. The van der Waals surface area contributed by atoms with E-state index in [1.165, 1.54) is 0 Å². The zero-order valence-electron chi connectivity index (χ0n) is 11.5. The molecule has 0 radical (unpaired) electrons. The monoisotopic (exact) mass is 261 g/mol. The lowest BCUT2D eigenvalue weighted by atomic mass is 10.2. The average Bonchev–Trinajstić information content (AvgIpc) is 2.91. The quantitative estimate of drug-likeness (QED) is 0.631. The SMILES string of the molecule is CCc1nc(NN)c(C)c(N(C)Cc2ccoc2)n1. The highest BCUT2D eigenvalue weighted by Gasteiger charge is 2.13. The van der Waals surface area contributed by atoms with Gasteiger partial charge in [-0.05, 0) is 13.0 Å². The van der Waals surface area contributed by atoms with Crippen LogP contribution in [0.4, 0.5) is 11.6 Å². The van der Waals surface area contributed by atoms with Crippen LogP contribution < -0.4 is 16.2 Å². The molecule has 0 aliphatic carbocycles. The van der Waals surface area contributed by atoms with E-state index in [9.17, 15) is 0 Å². The number of nitrogens with zero attached hydrogens (tertiary/aromatic N) is 3. The van der Waals surface area contributed by atoms with E-state index in [4.69, 9.17) is 10.3 Å². The molecule has 0 fully saturated rings. The number of nitrogens with two attached hydrogens (primary N) is 1. The molecule has 0 atom stereocenters. The Morgan fingerprint density at radius 3 is 2.79 bits per heavy atom. The van der Waals surface area contributed by atoms with Crippen LogP contribution in [0.15, 0.2) is 23.0 Å². The first-order valence-corrected chi connectivity index (χ1v) is 6.22. The van der Waals surface area contributed by atoms with Crippen molar-refractivity contribution in [2.24, 2.45) is 5.84 Å². The van der Waals surface area contributed by atoms with Crippen LogP contribution in [0, 0.1) is 6.92 Å². The maximum Gasteiger partial charge on any atom is 0.148 e. The number of aromatic nitrogens is 2. The van der Waals surface area contributed by atoms with Crippen molar-refractivity contribution in [2.75, 3.05) is 17.4 Å². The molecule has 2 aromatic rings. The first kappa shape index (κ1) is 13.4. The smallest absolute Gasteiger partial charge is 0.148 e. The van der Waals surface area contributed by atoms with Gasteiger partial charge in [-0.25, -0.2) is 15.8 Å². The first-order valence-electron chi connectivity index (χ1n) is 6.22. The number of nitrogen functional groups attached to an aromatic ring is 1. The fraction of sp³-hybridized carbons (Fsp3) is 0.385. The Kier molecular flexibility index (Phi) is 4.01. The Morgan fingerprint density at radius 2 is 2.21 bits per heavy atom. The topological polar surface area (TPSA) is 80.2 Å². The minimum absolute atomic E-state index is 0.667. The van der Waals surface area contributed by atoms with Crippen molar-refractivity contribution in [2.45, 2.75) is 26.8 Å². The Hall–Kier alpha value is -2.08. The third-order valence-electron chi connectivity index (χ3n) is 2.98. The molecule has 0 aromatic carbocycles. The second-order valence-electron chi connectivity index (χ2n) is 4.42. The Bertz CT molecular complexity index is 538. The van der Waals surface area contributed by atoms with Gasteiger partial charge in [0.1, 0.15) is 17.5 Å². The number of hydrazine groups is 1. The van der Waals surface area contributed by atoms with Crippen molar-refractivity contribution in [1.29, 1.82) is 0 Å². The third kappa shape index (κ3) is 2.85. The average molecular weight is 261 g/mol. The Labute approximate surface area is 112 Å². The van der Waals surface area contributed by atoms with Crippen LogP contribution in [-0.4, -0.2) is 17.0 Å². The summed E-state index contributed by atoms with van der Waals surface area (Å²) < 4.78 is 5.08. The Morgan fingerprint density at radius 1 is 1.42 bits per heavy atom. The molecule has 102 valence electrons. The van der Waals surface area contributed by atoms with E-state index in [1.807, 2.05) is 27.0 Å². The number of anilines is 2. The summed E-state index contributed by atoms with van der Waals surface area (Å²) in [7, 11) is 1.99. The lowest BCUT2D eigenvalue weighted by Gasteiger charge is -2.21. The van der Waals surface area contributed by atoms with Gasteiger partial charge in [-0.1, -0.05) is 6.92 Å². The first-order chi connectivity index (χ1) is 9.15. The summed E-state index contributed by atoms with van der Waals surface area (Å²) in [6, 6.07) is 1.94. The van der Waals surface area contributed by atoms with Crippen molar-refractivity contribution in [1.82, 2.24) is 9.97 Å². The molecule has 3 N–H and O–H groups in total. The van der Waals surface area contributed by atoms with Gasteiger partial charge >= 0.3 is 0 Å². The summed E-state index contributed by atoms with van der Waals surface area (Å²) in [6.45, 7) is 4.70. The van der Waals surface area contributed by atoms with E-state index in [0.29, 0.717) is 5.82 Å². The van der Waals surface area contributed by atoms with Gasteiger partial charge in [0.05, 0.1) is 12.5 Å². The van der Waals surface area contributed by atoms with Crippen LogP contribution in [-0.2, 0) is 13.0 Å². The van der Waals surface area contributed by atoms with Crippen molar-refractivity contribution in [3.8, 4) is 0 Å². The molecule has 2 heterocycles. The van der Waals surface area contributed by atoms with Gasteiger partial charge in [0.15, 0.2) is 0 Å². The Balaban J connectivity index is 2.31. The van der Waals surface area contributed by atoms with Gasteiger partial charge in [-0.3, -0.25) is 0 Å². The van der Waals surface area contributed by atoms with E-state index in [0.717, 1.165) is 35.7 Å².